The van der Waals surface area contributed by atoms with Gasteiger partial charge in [-0.3, -0.25) is 0 Å². The maximum absolute atomic E-state index is 7.91. The van der Waals surface area contributed by atoms with E-state index in [1.807, 2.05) is 0 Å². The van der Waals surface area contributed by atoms with Gasteiger partial charge in [-0.05, 0) is 6.04 Å². The van der Waals surface area contributed by atoms with Crippen LogP contribution < -0.4 is 0 Å². The minimum absolute atomic E-state index is 0.381. The molecule has 0 aromatic heterocycles. The molecule has 0 saturated carbocycles. The van der Waals surface area contributed by atoms with Crippen molar-refractivity contribution in [3.63, 3.8) is 0 Å². The topological polar surface area (TPSA) is 20.2 Å². The lowest BCUT2D eigenvalue weighted by Gasteiger charge is -1.69. The summed E-state index contributed by atoms with van der Waals surface area (Å²) in [6.07, 6.45) is 0. The lowest BCUT2D eigenvalue weighted by molar-refractivity contribution is 0.319. The third-order valence-corrected chi connectivity index (χ3v) is 0.671. The Hall–Kier alpha value is 0.177. The largest absolute Gasteiger partial charge is 0.397 e. The van der Waals surface area contributed by atoms with E-state index in [9.17, 15) is 0 Å². The van der Waals surface area contributed by atoms with Crippen LogP contribution in [-0.2, 0) is 0 Å². The summed E-state index contributed by atoms with van der Waals surface area (Å²) in [5, 5.41) is 7.91. The molecule has 0 saturated heterocycles. The minimum atomic E-state index is 0.381. The van der Waals surface area contributed by atoms with Crippen LogP contribution in [0.3, 0.4) is 0 Å². The van der Waals surface area contributed by atoms with Gasteiger partial charge in [0, 0.05) is 16.8 Å². The van der Waals surface area contributed by atoms with E-state index in [1.54, 1.807) is 0 Å². The number of hydrogen-bond donors (Lipinski definition) is 1. The van der Waals surface area contributed by atoms with Crippen LogP contribution in [0.25, 0.3) is 0 Å². The zero-order valence-electron chi connectivity index (χ0n) is 2.86. The maximum atomic E-state index is 7.91. The Morgan fingerprint density at radius 3 is 2.00 bits per heavy atom. The van der Waals surface area contributed by atoms with Gasteiger partial charge in [0.1, 0.15) is 0 Å². The highest BCUT2D eigenvalue weighted by molar-refractivity contribution is 6.08. The first-order chi connectivity index (χ1) is 1.91. The first kappa shape index (κ1) is 4.18. The number of hydrogen-bond acceptors (Lipinski definition) is 1. The standard InChI is InChI=1S/C2H8OSi/c3-1-2-4/h3H,1-2H2,4H3. The predicted molar refractivity (Wildman–Crippen MR) is 21.8 cm³/mol. The second-order valence-corrected chi connectivity index (χ2v) is 1.72. The second kappa shape index (κ2) is 3.18. The number of rotatable bonds is 1. The summed E-state index contributed by atoms with van der Waals surface area (Å²) >= 11 is 0. The molecule has 0 rings (SSSR count). The molecule has 0 atom stereocenters. The van der Waals surface area contributed by atoms with Crippen LogP contribution in [0.15, 0.2) is 0 Å². The minimum Gasteiger partial charge on any atom is -0.397 e. The van der Waals surface area contributed by atoms with E-state index in [0.717, 1.165) is 16.3 Å². The molecule has 0 unspecified atom stereocenters. The highest BCUT2D eigenvalue weighted by Gasteiger charge is 1.57. The lowest BCUT2D eigenvalue weighted by Crippen LogP contribution is -1.73. The van der Waals surface area contributed by atoms with Gasteiger partial charge in [0.2, 0.25) is 0 Å². The molecule has 0 fully saturated rings. The molecule has 0 aliphatic heterocycles. The first-order valence-electron chi connectivity index (χ1n) is 1.52. The van der Waals surface area contributed by atoms with Gasteiger partial charge in [-0.25, -0.2) is 0 Å². The summed E-state index contributed by atoms with van der Waals surface area (Å²) < 4.78 is 0. The van der Waals surface area contributed by atoms with E-state index < -0.39 is 0 Å². The molecule has 0 heterocycles. The quantitative estimate of drug-likeness (QED) is 0.387. The van der Waals surface area contributed by atoms with E-state index in [-0.39, 0.29) is 0 Å². The Balaban J connectivity index is 1.97. The van der Waals surface area contributed by atoms with Crippen molar-refractivity contribution in [1.82, 2.24) is 0 Å². The van der Waals surface area contributed by atoms with Crippen molar-refractivity contribution in [1.29, 1.82) is 0 Å². The molecule has 0 aromatic rings. The van der Waals surface area contributed by atoms with Gasteiger partial charge in [-0.2, -0.15) is 0 Å². The Bertz CT molecular complexity index is 8.00. The maximum Gasteiger partial charge on any atom is 0.0399 e. The van der Waals surface area contributed by atoms with Crippen molar-refractivity contribution >= 4 is 10.2 Å². The van der Waals surface area contributed by atoms with E-state index in [0.29, 0.717) is 6.61 Å². The molecule has 0 bridgehead atoms. The van der Waals surface area contributed by atoms with Gasteiger partial charge >= 0.3 is 0 Å². The van der Waals surface area contributed by atoms with Gasteiger partial charge in [-0.15, -0.1) is 0 Å². The predicted octanol–water partition coefficient (Wildman–Crippen LogP) is -1.24. The third-order valence-electron chi connectivity index (χ3n) is 0.224. The Kier molecular flexibility index (Phi) is 3.32. The van der Waals surface area contributed by atoms with Crippen LogP contribution >= 0.6 is 0 Å². The van der Waals surface area contributed by atoms with Crippen LogP contribution in [0, 0.1) is 0 Å². The zero-order chi connectivity index (χ0) is 3.41. The second-order valence-electron chi connectivity index (χ2n) is 0.724. The Morgan fingerprint density at radius 2 is 2.00 bits per heavy atom. The molecule has 4 heavy (non-hydrogen) atoms. The summed E-state index contributed by atoms with van der Waals surface area (Å²) in [4.78, 5) is 0. The molecule has 0 aliphatic carbocycles. The molecule has 1 N–H and O–H groups in total. The SMILES string of the molecule is OCC[SiH3]. The molecule has 0 spiro atoms. The fourth-order valence-electron chi connectivity index (χ4n) is 0. The van der Waals surface area contributed by atoms with Crippen LogP contribution in [0.5, 0.6) is 0 Å². The van der Waals surface area contributed by atoms with E-state index in [2.05, 4.69) is 0 Å². The average molecular weight is 76.2 g/mol. The van der Waals surface area contributed by atoms with E-state index in [4.69, 9.17) is 5.11 Å². The number of aliphatic hydroxyl groups excluding tert-OH is 1. The van der Waals surface area contributed by atoms with Crippen LogP contribution in [-0.4, -0.2) is 22.0 Å². The van der Waals surface area contributed by atoms with E-state index >= 15 is 0 Å². The third kappa shape index (κ3) is 2.18. The molecule has 0 aromatic carbocycles. The van der Waals surface area contributed by atoms with Gasteiger partial charge in [0.25, 0.3) is 0 Å². The van der Waals surface area contributed by atoms with Crippen molar-refractivity contribution in [3.05, 3.63) is 0 Å². The smallest absolute Gasteiger partial charge is 0.0399 e. The van der Waals surface area contributed by atoms with Gasteiger partial charge in [0.05, 0.1) is 0 Å². The average Bonchev–Trinajstić information content (AvgIpc) is 1.37. The van der Waals surface area contributed by atoms with Crippen LogP contribution in [0.2, 0.25) is 6.04 Å². The highest BCUT2D eigenvalue weighted by Crippen LogP contribution is 1.56. The molecular weight excluding hydrogens is 68.1 g/mol. The van der Waals surface area contributed by atoms with Crippen molar-refractivity contribution in [2.24, 2.45) is 0 Å². The summed E-state index contributed by atoms with van der Waals surface area (Å²) in [7, 11) is 1.14. The summed E-state index contributed by atoms with van der Waals surface area (Å²) in [6, 6.07) is 1.01. The van der Waals surface area contributed by atoms with Crippen molar-refractivity contribution in [3.8, 4) is 0 Å². The fraction of sp³-hybridized carbons (Fsp3) is 1.00. The lowest BCUT2D eigenvalue weighted by atomic mass is 10.9. The molecule has 26 valence electrons. The first-order valence-corrected chi connectivity index (χ1v) is 2.94. The molecular formula is C2H8OSi. The summed E-state index contributed by atoms with van der Waals surface area (Å²) in [5.41, 5.74) is 0. The Labute approximate surface area is 29.1 Å². The van der Waals surface area contributed by atoms with Crippen molar-refractivity contribution in [2.45, 2.75) is 6.04 Å². The molecule has 0 aliphatic rings. The van der Waals surface area contributed by atoms with Gasteiger partial charge in [-0.1, -0.05) is 0 Å². The van der Waals surface area contributed by atoms with Crippen LogP contribution in [0.1, 0.15) is 0 Å². The molecule has 0 radical (unpaired) electrons. The van der Waals surface area contributed by atoms with Gasteiger partial charge < -0.3 is 5.11 Å². The summed E-state index contributed by atoms with van der Waals surface area (Å²) in [6.45, 7) is 0.381. The normalized spacial score (nSPS) is 8.25. The van der Waals surface area contributed by atoms with E-state index in [1.165, 1.54) is 0 Å². The molecule has 0 amide bonds. The molecule has 1 nitrogen and oxygen atoms in total. The molecule has 2 heteroatoms. The summed E-state index contributed by atoms with van der Waals surface area (Å²) in [5.74, 6) is 0. The fourth-order valence-corrected chi connectivity index (χ4v) is 0. The van der Waals surface area contributed by atoms with Crippen molar-refractivity contribution in [2.75, 3.05) is 6.61 Å². The van der Waals surface area contributed by atoms with Gasteiger partial charge in [0.15, 0.2) is 0 Å². The van der Waals surface area contributed by atoms with Crippen LogP contribution in [0.4, 0.5) is 0 Å². The number of aliphatic hydroxyl groups is 1. The Morgan fingerprint density at radius 1 is 1.75 bits per heavy atom. The highest BCUT2D eigenvalue weighted by atomic mass is 28.1. The van der Waals surface area contributed by atoms with Crippen molar-refractivity contribution < 1.29 is 5.11 Å². The zero-order valence-corrected chi connectivity index (χ0v) is 4.86. The monoisotopic (exact) mass is 76.0 g/mol.